The number of carbonyl (C=O) groups is 1. The smallest absolute Gasteiger partial charge is 0.272 e. The van der Waals surface area contributed by atoms with E-state index in [-0.39, 0.29) is 23.5 Å². The number of rotatable bonds is 2. The molecule has 0 aliphatic carbocycles. The fraction of sp³-hybridized carbons (Fsp3) is 0.111. The molecule has 1 aromatic heterocycles. The van der Waals surface area contributed by atoms with E-state index in [0.717, 1.165) is 5.56 Å². The number of phenols is 1. The van der Waals surface area contributed by atoms with E-state index in [1.807, 2.05) is 0 Å². The number of aromatic hydroxyl groups is 1. The molecule has 2 aromatic carbocycles. The molecule has 3 aromatic rings. The van der Waals surface area contributed by atoms with Gasteiger partial charge in [0.05, 0.1) is 6.04 Å². The fourth-order valence-electron chi connectivity index (χ4n) is 3.18. The van der Waals surface area contributed by atoms with Crippen molar-refractivity contribution >= 4 is 5.91 Å². The number of aromatic amines is 1. The first-order valence-corrected chi connectivity index (χ1v) is 7.47. The average molecular weight is 323 g/mol. The normalized spacial score (nSPS) is 16.5. The summed E-state index contributed by atoms with van der Waals surface area (Å²) in [6, 6.07) is 12.5. The first kappa shape index (κ1) is 14.4. The van der Waals surface area contributed by atoms with Gasteiger partial charge in [-0.05, 0) is 29.8 Å². The Kier molecular flexibility index (Phi) is 3.13. The summed E-state index contributed by atoms with van der Waals surface area (Å²) in [6.07, 6.45) is 0. The number of nitrogens with zero attached hydrogens (tertiary/aromatic N) is 2. The number of para-hydroxylation sites is 1. The van der Waals surface area contributed by atoms with Crippen molar-refractivity contribution in [3.63, 3.8) is 0 Å². The molecule has 0 fully saturated rings. The molecular weight excluding hydrogens is 309 g/mol. The molecule has 1 atom stereocenters. The van der Waals surface area contributed by atoms with Crippen molar-refractivity contribution in [2.45, 2.75) is 6.04 Å². The van der Waals surface area contributed by atoms with Crippen LogP contribution in [0.1, 0.15) is 27.7 Å². The molecule has 0 saturated heterocycles. The monoisotopic (exact) mass is 323 g/mol. The van der Waals surface area contributed by atoms with Gasteiger partial charge in [-0.3, -0.25) is 9.89 Å². The van der Waals surface area contributed by atoms with Gasteiger partial charge in [0.25, 0.3) is 5.91 Å². The van der Waals surface area contributed by atoms with Crippen molar-refractivity contribution in [3.8, 4) is 17.0 Å². The Morgan fingerprint density at radius 3 is 2.58 bits per heavy atom. The van der Waals surface area contributed by atoms with Crippen molar-refractivity contribution in [3.05, 3.63) is 71.2 Å². The van der Waals surface area contributed by atoms with Gasteiger partial charge in [-0.15, -0.1) is 0 Å². The van der Waals surface area contributed by atoms with E-state index in [2.05, 4.69) is 10.2 Å². The standard InChI is InChI=1S/C18H14FN3O2/c1-22-17(10-6-8-11(19)9-7-10)14-15(20-21-16(14)18(22)24)12-4-2-3-5-13(12)23/h2-9,17,23H,1H3,(H,20,21). The number of hydrogen-bond donors (Lipinski definition) is 2. The lowest BCUT2D eigenvalue weighted by molar-refractivity contribution is 0.0788. The second-order valence-electron chi connectivity index (χ2n) is 5.75. The van der Waals surface area contributed by atoms with Crippen molar-refractivity contribution in [1.29, 1.82) is 0 Å². The van der Waals surface area contributed by atoms with E-state index >= 15 is 0 Å². The molecule has 6 heteroatoms. The summed E-state index contributed by atoms with van der Waals surface area (Å²) < 4.78 is 13.2. The lowest BCUT2D eigenvalue weighted by Crippen LogP contribution is -2.24. The number of amides is 1. The van der Waals surface area contributed by atoms with Crippen LogP contribution in [-0.2, 0) is 0 Å². The van der Waals surface area contributed by atoms with Gasteiger partial charge in [0, 0.05) is 18.2 Å². The Bertz CT molecular complexity index is 934. The first-order chi connectivity index (χ1) is 11.6. The number of fused-ring (bicyclic) bond motifs is 1. The van der Waals surface area contributed by atoms with E-state index in [1.54, 1.807) is 48.3 Å². The number of benzene rings is 2. The van der Waals surface area contributed by atoms with Crippen LogP contribution in [0.15, 0.2) is 48.5 Å². The van der Waals surface area contributed by atoms with E-state index in [1.165, 1.54) is 12.1 Å². The highest BCUT2D eigenvalue weighted by molar-refractivity contribution is 6.00. The molecule has 2 heterocycles. The molecule has 1 unspecified atom stereocenters. The maximum absolute atomic E-state index is 13.2. The zero-order valence-electron chi connectivity index (χ0n) is 12.8. The Morgan fingerprint density at radius 1 is 1.17 bits per heavy atom. The summed E-state index contributed by atoms with van der Waals surface area (Å²) in [5.74, 6) is -0.431. The second kappa shape index (κ2) is 5.19. The van der Waals surface area contributed by atoms with Crippen LogP contribution in [-0.4, -0.2) is 33.2 Å². The van der Waals surface area contributed by atoms with E-state index in [9.17, 15) is 14.3 Å². The predicted octanol–water partition coefficient (Wildman–Crippen LogP) is 3.10. The Balaban J connectivity index is 1.92. The van der Waals surface area contributed by atoms with Crippen LogP contribution in [0.25, 0.3) is 11.3 Å². The van der Waals surface area contributed by atoms with E-state index in [0.29, 0.717) is 22.5 Å². The van der Waals surface area contributed by atoms with Gasteiger partial charge in [-0.25, -0.2) is 4.39 Å². The molecular formula is C18H14FN3O2. The Hall–Kier alpha value is -3.15. The number of halogens is 1. The minimum absolute atomic E-state index is 0.0895. The molecule has 0 radical (unpaired) electrons. The van der Waals surface area contributed by atoms with Gasteiger partial charge >= 0.3 is 0 Å². The van der Waals surface area contributed by atoms with Gasteiger partial charge in [0.2, 0.25) is 0 Å². The van der Waals surface area contributed by atoms with Crippen LogP contribution in [0.3, 0.4) is 0 Å². The third-order valence-corrected chi connectivity index (χ3v) is 4.34. The average Bonchev–Trinajstić information content (AvgIpc) is 3.10. The molecule has 0 bridgehead atoms. The van der Waals surface area contributed by atoms with Crippen LogP contribution in [0.5, 0.6) is 5.75 Å². The van der Waals surface area contributed by atoms with Crippen LogP contribution < -0.4 is 0 Å². The number of carbonyl (C=O) groups excluding carboxylic acids is 1. The SMILES string of the molecule is CN1C(=O)c2[nH]nc(-c3ccccc3O)c2C1c1ccc(F)cc1. The quantitative estimate of drug-likeness (QED) is 0.761. The molecule has 120 valence electrons. The Labute approximate surface area is 137 Å². The number of aromatic nitrogens is 2. The number of nitrogens with one attached hydrogen (secondary N) is 1. The van der Waals surface area contributed by atoms with E-state index < -0.39 is 0 Å². The third-order valence-electron chi connectivity index (χ3n) is 4.34. The fourth-order valence-corrected chi connectivity index (χ4v) is 3.18. The zero-order valence-corrected chi connectivity index (χ0v) is 12.8. The minimum atomic E-state index is -0.388. The highest BCUT2D eigenvalue weighted by Crippen LogP contribution is 2.43. The highest BCUT2D eigenvalue weighted by atomic mass is 19.1. The molecule has 1 amide bonds. The summed E-state index contributed by atoms with van der Waals surface area (Å²) in [4.78, 5) is 14.1. The van der Waals surface area contributed by atoms with Crippen LogP contribution in [0, 0.1) is 5.82 Å². The topological polar surface area (TPSA) is 69.2 Å². The molecule has 1 aliphatic heterocycles. The molecule has 0 spiro atoms. The van der Waals surface area contributed by atoms with Gasteiger partial charge < -0.3 is 10.0 Å². The summed E-state index contributed by atoms with van der Waals surface area (Å²) in [7, 11) is 1.69. The first-order valence-electron chi connectivity index (χ1n) is 7.47. The van der Waals surface area contributed by atoms with Crippen molar-refractivity contribution in [2.24, 2.45) is 0 Å². The molecule has 1 aliphatic rings. The summed E-state index contributed by atoms with van der Waals surface area (Å²) in [5.41, 5.74) is 2.94. The number of hydrogen-bond acceptors (Lipinski definition) is 3. The maximum Gasteiger partial charge on any atom is 0.272 e. The van der Waals surface area contributed by atoms with Crippen LogP contribution >= 0.6 is 0 Å². The molecule has 2 N–H and O–H groups in total. The Morgan fingerprint density at radius 2 is 1.88 bits per heavy atom. The zero-order chi connectivity index (χ0) is 16.8. The summed E-state index contributed by atoms with van der Waals surface area (Å²) in [6.45, 7) is 0. The van der Waals surface area contributed by atoms with Gasteiger partial charge in [0.15, 0.2) is 0 Å². The number of H-pyrrole nitrogens is 1. The third kappa shape index (κ3) is 2.00. The van der Waals surface area contributed by atoms with Crippen molar-refractivity contribution < 1.29 is 14.3 Å². The van der Waals surface area contributed by atoms with Gasteiger partial charge in [0.1, 0.15) is 23.0 Å². The summed E-state index contributed by atoms with van der Waals surface area (Å²) in [5, 5.41) is 17.2. The number of phenolic OH excluding ortho intramolecular Hbond substituents is 1. The van der Waals surface area contributed by atoms with Crippen LogP contribution in [0.4, 0.5) is 4.39 Å². The van der Waals surface area contributed by atoms with Crippen LogP contribution in [0.2, 0.25) is 0 Å². The second-order valence-corrected chi connectivity index (χ2v) is 5.75. The largest absolute Gasteiger partial charge is 0.507 e. The van der Waals surface area contributed by atoms with Crippen molar-refractivity contribution in [2.75, 3.05) is 7.05 Å². The van der Waals surface area contributed by atoms with Gasteiger partial charge in [-0.1, -0.05) is 24.3 Å². The van der Waals surface area contributed by atoms with E-state index in [4.69, 9.17) is 0 Å². The highest BCUT2D eigenvalue weighted by Gasteiger charge is 2.40. The minimum Gasteiger partial charge on any atom is -0.507 e. The molecule has 4 rings (SSSR count). The lowest BCUT2D eigenvalue weighted by atomic mass is 9.96. The van der Waals surface area contributed by atoms with Gasteiger partial charge in [-0.2, -0.15) is 5.10 Å². The predicted molar refractivity (Wildman–Crippen MR) is 86.0 cm³/mol. The maximum atomic E-state index is 13.2. The molecule has 0 saturated carbocycles. The lowest BCUT2D eigenvalue weighted by Gasteiger charge is -2.22. The molecule has 24 heavy (non-hydrogen) atoms. The summed E-state index contributed by atoms with van der Waals surface area (Å²) >= 11 is 0. The van der Waals surface area contributed by atoms with Crippen molar-refractivity contribution in [1.82, 2.24) is 15.1 Å². The molecule has 5 nitrogen and oxygen atoms in total.